The van der Waals surface area contributed by atoms with Crippen molar-refractivity contribution in [2.24, 2.45) is 5.41 Å². The molecule has 3 aliphatic rings. The molecule has 4 heteroatoms. The lowest BCUT2D eigenvalue weighted by molar-refractivity contribution is -0.470. The van der Waals surface area contributed by atoms with Crippen molar-refractivity contribution in [1.29, 1.82) is 0 Å². The Balaban J connectivity index is 2.03. The van der Waals surface area contributed by atoms with Crippen LogP contribution in [0.3, 0.4) is 0 Å². The maximum absolute atomic E-state index is 5.55. The molecule has 2 bridgehead atoms. The number of methoxy groups -OCH3 is 1. The zero-order valence-corrected chi connectivity index (χ0v) is 8.17. The summed E-state index contributed by atoms with van der Waals surface area (Å²) < 4.78 is 21.8. The van der Waals surface area contributed by atoms with E-state index < -0.39 is 5.97 Å². The first kappa shape index (κ1) is 9.40. The second-order valence-corrected chi connectivity index (χ2v) is 3.84. The van der Waals surface area contributed by atoms with E-state index in [1.54, 1.807) is 7.11 Å². The van der Waals surface area contributed by atoms with Gasteiger partial charge in [-0.1, -0.05) is 6.92 Å². The fourth-order valence-corrected chi connectivity index (χ4v) is 1.78. The lowest BCUT2D eigenvalue weighted by atomic mass is 9.90. The van der Waals surface area contributed by atoms with Gasteiger partial charge in [-0.3, -0.25) is 0 Å². The van der Waals surface area contributed by atoms with Crippen molar-refractivity contribution in [3.8, 4) is 0 Å². The van der Waals surface area contributed by atoms with Crippen LogP contribution in [-0.2, 0) is 18.9 Å². The molecule has 0 N–H and O–H groups in total. The molecule has 3 aliphatic heterocycles. The summed E-state index contributed by atoms with van der Waals surface area (Å²) in [7, 11) is 1.69. The summed E-state index contributed by atoms with van der Waals surface area (Å²) in [5, 5.41) is 0. The maximum Gasteiger partial charge on any atom is 0.282 e. The van der Waals surface area contributed by atoms with Crippen molar-refractivity contribution in [2.75, 3.05) is 33.5 Å². The summed E-state index contributed by atoms with van der Waals surface area (Å²) in [4.78, 5) is 0. The monoisotopic (exact) mass is 188 g/mol. The van der Waals surface area contributed by atoms with E-state index in [4.69, 9.17) is 18.9 Å². The van der Waals surface area contributed by atoms with Gasteiger partial charge in [0.05, 0.1) is 31.8 Å². The Morgan fingerprint density at radius 3 is 2.08 bits per heavy atom. The van der Waals surface area contributed by atoms with E-state index in [2.05, 4.69) is 0 Å². The molecule has 76 valence electrons. The van der Waals surface area contributed by atoms with Gasteiger partial charge in [0.1, 0.15) is 0 Å². The Morgan fingerprint density at radius 1 is 1.15 bits per heavy atom. The zero-order valence-electron chi connectivity index (χ0n) is 8.17. The average molecular weight is 188 g/mol. The normalized spacial score (nSPS) is 43.8. The Hall–Kier alpha value is -0.160. The summed E-state index contributed by atoms with van der Waals surface area (Å²) in [5.74, 6) is -0.754. The highest BCUT2D eigenvalue weighted by Gasteiger charge is 2.51. The van der Waals surface area contributed by atoms with Crippen LogP contribution in [0.1, 0.15) is 13.3 Å². The number of hydrogen-bond donors (Lipinski definition) is 0. The maximum atomic E-state index is 5.55. The van der Waals surface area contributed by atoms with E-state index in [1.807, 2.05) is 6.92 Å². The molecule has 4 nitrogen and oxygen atoms in total. The van der Waals surface area contributed by atoms with Gasteiger partial charge in [-0.2, -0.15) is 0 Å². The molecular formula is C9H16O4. The second kappa shape index (κ2) is 3.20. The Morgan fingerprint density at radius 2 is 1.69 bits per heavy atom. The molecule has 0 aromatic rings. The van der Waals surface area contributed by atoms with Crippen molar-refractivity contribution in [1.82, 2.24) is 0 Å². The van der Waals surface area contributed by atoms with E-state index in [1.165, 1.54) is 0 Å². The van der Waals surface area contributed by atoms with Crippen LogP contribution in [0.15, 0.2) is 0 Å². The smallest absolute Gasteiger partial charge is 0.282 e. The Bertz CT molecular complexity index is 168. The summed E-state index contributed by atoms with van der Waals surface area (Å²) in [6.07, 6.45) is 0.732. The summed E-state index contributed by atoms with van der Waals surface area (Å²) >= 11 is 0. The zero-order chi connectivity index (χ0) is 9.36. The standard InChI is InChI=1S/C9H16O4/c1-3-9-11-5-8(4-10-2,6-12-9)7-13-9/h3-7H2,1-2H3. The quantitative estimate of drug-likeness (QED) is 0.655. The predicted molar refractivity (Wildman–Crippen MR) is 45.2 cm³/mol. The predicted octanol–water partition coefficient (Wildman–Crippen LogP) is 0.760. The Labute approximate surface area is 78.1 Å². The minimum Gasteiger partial charge on any atom is -0.384 e. The molecule has 0 spiro atoms. The van der Waals surface area contributed by atoms with E-state index in [0.717, 1.165) is 6.42 Å². The van der Waals surface area contributed by atoms with E-state index >= 15 is 0 Å². The van der Waals surface area contributed by atoms with E-state index in [0.29, 0.717) is 26.4 Å². The van der Waals surface area contributed by atoms with Crippen molar-refractivity contribution in [3.63, 3.8) is 0 Å². The molecule has 0 aromatic heterocycles. The van der Waals surface area contributed by atoms with Gasteiger partial charge in [-0.15, -0.1) is 0 Å². The summed E-state index contributed by atoms with van der Waals surface area (Å²) in [5.41, 5.74) is -0.0777. The molecule has 0 saturated carbocycles. The lowest BCUT2D eigenvalue weighted by Crippen LogP contribution is -2.61. The van der Waals surface area contributed by atoms with Crippen LogP contribution in [-0.4, -0.2) is 39.5 Å². The molecule has 3 fully saturated rings. The molecule has 0 amide bonds. The van der Waals surface area contributed by atoms with Crippen LogP contribution in [0, 0.1) is 5.41 Å². The van der Waals surface area contributed by atoms with Crippen molar-refractivity contribution < 1.29 is 18.9 Å². The first-order valence-electron chi connectivity index (χ1n) is 4.65. The minimum absolute atomic E-state index is 0.0777. The summed E-state index contributed by atoms with van der Waals surface area (Å²) in [6.45, 7) is 4.65. The Kier molecular flexibility index (Phi) is 2.32. The third kappa shape index (κ3) is 1.48. The number of fused-ring (bicyclic) bond motifs is 3. The van der Waals surface area contributed by atoms with Gasteiger partial charge in [0.2, 0.25) is 0 Å². The van der Waals surface area contributed by atoms with Gasteiger partial charge in [-0.05, 0) is 0 Å². The van der Waals surface area contributed by atoms with Crippen molar-refractivity contribution in [3.05, 3.63) is 0 Å². The van der Waals surface area contributed by atoms with Gasteiger partial charge in [0.15, 0.2) is 0 Å². The van der Waals surface area contributed by atoms with Crippen LogP contribution in [0.4, 0.5) is 0 Å². The third-order valence-corrected chi connectivity index (χ3v) is 2.68. The van der Waals surface area contributed by atoms with E-state index in [9.17, 15) is 0 Å². The molecule has 3 heterocycles. The third-order valence-electron chi connectivity index (χ3n) is 2.68. The highest BCUT2D eigenvalue weighted by Crippen LogP contribution is 2.39. The van der Waals surface area contributed by atoms with Gasteiger partial charge in [0.25, 0.3) is 5.97 Å². The first-order valence-corrected chi connectivity index (χ1v) is 4.65. The lowest BCUT2D eigenvalue weighted by Gasteiger charge is -2.51. The van der Waals surface area contributed by atoms with Crippen LogP contribution >= 0.6 is 0 Å². The van der Waals surface area contributed by atoms with Gasteiger partial charge in [-0.25, -0.2) is 0 Å². The average Bonchev–Trinajstić information content (AvgIpc) is 2.21. The van der Waals surface area contributed by atoms with Crippen molar-refractivity contribution >= 4 is 0 Å². The molecule has 0 aliphatic carbocycles. The molecule has 3 rings (SSSR count). The first-order chi connectivity index (χ1) is 6.24. The van der Waals surface area contributed by atoms with E-state index in [-0.39, 0.29) is 5.41 Å². The van der Waals surface area contributed by atoms with Crippen LogP contribution in [0.25, 0.3) is 0 Å². The molecule has 0 atom stereocenters. The molecule has 0 unspecified atom stereocenters. The number of rotatable bonds is 3. The topological polar surface area (TPSA) is 36.9 Å². The minimum atomic E-state index is -0.754. The highest BCUT2D eigenvalue weighted by molar-refractivity contribution is 4.87. The highest BCUT2D eigenvalue weighted by atomic mass is 16.9. The largest absolute Gasteiger partial charge is 0.384 e. The van der Waals surface area contributed by atoms with Crippen LogP contribution < -0.4 is 0 Å². The molecule has 0 aromatic carbocycles. The number of ether oxygens (including phenoxy) is 4. The van der Waals surface area contributed by atoms with Crippen LogP contribution in [0.5, 0.6) is 0 Å². The fourth-order valence-electron chi connectivity index (χ4n) is 1.78. The van der Waals surface area contributed by atoms with Gasteiger partial charge >= 0.3 is 0 Å². The molecular weight excluding hydrogens is 172 g/mol. The fraction of sp³-hybridized carbons (Fsp3) is 1.00. The van der Waals surface area contributed by atoms with Gasteiger partial charge < -0.3 is 18.9 Å². The van der Waals surface area contributed by atoms with Crippen molar-refractivity contribution in [2.45, 2.75) is 19.3 Å². The molecule has 13 heavy (non-hydrogen) atoms. The SMILES string of the molecule is CCC12OCC(COC)(CO1)CO2. The van der Waals surface area contributed by atoms with Gasteiger partial charge in [0, 0.05) is 13.5 Å². The van der Waals surface area contributed by atoms with Crippen LogP contribution in [0.2, 0.25) is 0 Å². The second-order valence-electron chi connectivity index (χ2n) is 3.84. The molecule has 0 radical (unpaired) electrons. The number of hydrogen-bond acceptors (Lipinski definition) is 4. The summed E-state index contributed by atoms with van der Waals surface area (Å²) in [6, 6.07) is 0. The molecule has 3 saturated heterocycles.